The van der Waals surface area contributed by atoms with Crippen LogP contribution in [0.3, 0.4) is 0 Å². The van der Waals surface area contributed by atoms with E-state index in [0.717, 1.165) is 44.9 Å². The summed E-state index contributed by atoms with van der Waals surface area (Å²) < 4.78 is 27.8. The molecule has 2 aliphatic carbocycles. The van der Waals surface area contributed by atoms with Crippen molar-refractivity contribution in [3.05, 3.63) is 35.3 Å². The Labute approximate surface area is 227 Å². The Bertz CT molecular complexity index is 1220. The van der Waals surface area contributed by atoms with Gasteiger partial charge in [0.25, 0.3) is 0 Å². The lowest BCUT2D eigenvalue weighted by Gasteiger charge is -2.37. The average molecular weight is 544 g/mol. The summed E-state index contributed by atoms with van der Waals surface area (Å²) in [4.78, 5) is 43.4. The highest BCUT2D eigenvalue weighted by atomic mass is 19.1. The molecule has 1 aromatic carbocycles. The van der Waals surface area contributed by atoms with Gasteiger partial charge in [0.1, 0.15) is 6.67 Å². The molecule has 2 aromatic rings. The first kappa shape index (κ1) is 27.7. The molecule has 1 aliphatic heterocycles. The number of halogens is 2. The summed E-state index contributed by atoms with van der Waals surface area (Å²) in [5.74, 6) is -1.79. The minimum absolute atomic E-state index is 0.0251. The molecular formula is C30H39F2N3O4. The van der Waals surface area contributed by atoms with Crippen LogP contribution in [0.5, 0.6) is 0 Å². The number of H-pyrrole nitrogens is 1. The van der Waals surface area contributed by atoms with Crippen molar-refractivity contribution in [1.82, 2.24) is 9.88 Å². The number of nitrogens with one attached hydrogen (secondary N) is 1. The van der Waals surface area contributed by atoms with Gasteiger partial charge in [-0.2, -0.15) is 0 Å². The third-order valence-corrected chi connectivity index (χ3v) is 9.61. The molecule has 3 fully saturated rings. The number of nitrogens with two attached hydrogens (primary N) is 1. The molecule has 0 bridgehead atoms. The number of nitrogens with zero attached hydrogens (tertiary/aromatic N) is 1. The number of hydrogen-bond acceptors (Lipinski definition) is 4. The third-order valence-electron chi connectivity index (χ3n) is 9.61. The van der Waals surface area contributed by atoms with E-state index in [9.17, 15) is 28.3 Å². The van der Waals surface area contributed by atoms with Crippen molar-refractivity contribution in [3.8, 4) is 0 Å². The number of hydrogen-bond donors (Lipinski definition) is 3. The van der Waals surface area contributed by atoms with Gasteiger partial charge < -0.3 is 20.7 Å². The van der Waals surface area contributed by atoms with Gasteiger partial charge in [-0.15, -0.1) is 0 Å². The second-order valence-corrected chi connectivity index (χ2v) is 11.9. The molecule has 2 heterocycles. The molecule has 3 atom stereocenters. The van der Waals surface area contributed by atoms with Crippen molar-refractivity contribution in [2.24, 2.45) is 29.4 Å². The van der Waals surface area contributed by atoms with E-state index < -0.39 is 36.2 Å². The standard InChI is InChI=1S/C30H39F2N3O4/c31-16-23(33)19-7-9-20(10-8-19)29(37)35-13-12-21(18-4-2-1-3-5-18)28(35)25(36)15-17-6-11-24-22(14-17)26(32)27(34-24)30(38)39/h6,11,14,18-21,23,28,34H,1-5,7-10,12-13,15-16,33H2,(H,38,39)/t19?,20?,21-,23?,28-/m0/s1. The minimum Gasteiger partial charge on any atom is -0.476 e. The van der Waals surface area contributed by atoms with Gasteiger partial charge in [-0.25, -0.2) is 13.6 Å². The lowest BCUT2D eigenvalue weighted by atomic mass is 9.75. The number of fused-ring (bicyclic) bond motifs is 1. The maximum Gasteiger partial charge on any atom is 0.355 e. The lowest BCUT2D eigenvalue weighted by Crippen LogP contribution is -2.48. The number of Topliss-reactive ketones (excluding diaryl/α,β-unsaturated/α-hetero) is 1. The lowest BCUT2D eigenvalue weighted by molar-refractivity contribution is -0.143. The van der Waals surface area contributed by atoms with Crippen LogP contribution in [0.4, 0.5) is 8.78 Å². The molecule has 2 saturated carbocycles. The predicted molar refractivity (Wildman–Crippen MR) is 144 cm³/mol. The summed E-state index contributed by atoms with van der Waals surface area (Å²) in [6, 6.07) is 3.87. The maximum absolute atomic E-state index is 14.7. The van der Waals surface area contributed by atoms with E-state index in [1.165, 1.54) is 12.5 Å². The van der Waals surface area contributed by atoms with E-state index >= 15 is 0 Å². The van der Waals surface area contributed by atoms with Gasteiger partial charge in [-0.3, -0.25) is 9.59 Å². The first-order valence-electron chi connectivity index (χ1n) is 14.5. The number of aromatic nitrogens is 1. The number of amides is 1. The topological polar surface area (TPSA) is 116 Å². The zero-order valence-corrected chi connectivity index (χ0v) is 22.3. The van der Waals surface area contributed by atoms with Crippen molar-refractivity contribution in [2.75, 3.05) is 13.2 Å². The zero-order valence-electron chi connectivity index (χ0n) is 22.3. The molecule has 4 N–H and O–H groups in total. The number of carbonyl (C=O) groups excluding carboxylic acids is 2. The monoisotopic (exact) mass is 543 g/mol. The first-order chi connectivity index (χ1) is 18.8. The summed E-state index contributed by atoms with van der Waals surface area (Å²) in [5, 5.41) is 9.38. The van der Waals surface area contributed by atoms with Crippen molar-refractivity contribution < 1.29 is 28.3 Å². The largest absolute Gasteiger partial charge is 0.476 e. The van der Waals surface area contributed by atoms with Crippen LogP contribution in [-0.4, -0.2) is 58.0 Å². The molecule has 0 spiro atoms. The number of ketones is 1. The van der Waals surface area contributed by atoms with Crippen LogP contribution in [0.15, 0.2) is 18.2 Å². The second kappa shape index (κ2) is 11.7. The summed E-state index contributed by atoms with van der Waals surface area (Å²) in [5.41, 5.74) is 6.38. The Balaban J connectivity index is 1.36. The summed E-state index contributed by atoms with van der Waals surface area (Å²) in [6.45, 7) is 0.0128. The van der Waals surface area contributed by atoms with E-state index in [4.69, 9.17) is 5.73 Å². The zero-order chi connectivity index (χ0) is 27.7. The molecule has 39 heavy (non-hydrogen) atoms. The van der Waals surface area contributed by atoms with Crippen molar-refractivity contribution in [2.45, 2.75) is 82.7 Å². The maximum atomic E-state index is 14.7. The van der Waals surface area contributed by atoms with Crippen LogP contribution in [-0.2, 0) is 16.0 Å². The van der Waals surface area contributed by atoms with Crippen LogP contribution in [0.1, 0.15) is 80.3 Å². The van der Waals surface area contributed by atoms with Crippen LogP contribution in [0.25, 0.3) is 10.9 Å². The van der Waals surface area contributed by atoms with Crippen LogP contribution >= 0.6 is 0 Å². The third kappa shape index (κ3) is 5.60. The average Bonchev–Trinajstić information content (AvgIpc) is 3.54. The van der Waals surface area contributed by atoms with Gasteiger partial charge in [0.15, 0.2) is 17.3 Å². The highest BCUT2D eigenvalue weighted by molar-refractivity contribution is 5.96. The van der Waals surface area contributed by atoms with Crippen molar-refractivity contribution in [3.63, 3.8) is 0 Å². The van der Waals surface area contributed by atoms with Gasteiger partial charge in [-0.05, 0) is 67.6 Å². The van der Waals surface area contributed by atoms with Crippen LogP contribution in [0, 0.1) is 29.5 Å². The van der Waals surface area contributed by atoms with Crippen molar-refractivity contribution in [1.29, 1.82) is 0 Å². The van der Waals surface area contributed by atoms with Gasteiger partial charge in [0.05, 0.1) is 6.04 Å². The quantitative estimate of drug-likeness (QED) is 0.433. The van der Waals surface area contributed by atoms with E-state index in [0.29, 0.717) is 36.4 Å². The summed E-state index contributed by atoms with van der Waals surface area (Å²) >= 11 is 0. The number of carbonyl (C=O) groups is 3. The summed E-state index contributed by atoms with van der Waals surface area (Å²) in [7, 11) is 0. The van der Waals surface area contributed by atoms with Gasteiger partial charge in [-0.1, -0.05) is 38.2 Å². The Kier molecular flexibility index (Phi) is 8.35. The number of carboxylic acid groups (broad SMARTS) is 1. The molecule has 1 unspecified atom stereocenters. The molecule has 0 radical (unpaired) electrons. The molecular weight excluding hydrogens is 504 g/mol. The fourth-order valence-electron chi connectivity index (χ4n) is 7.46. The van der Waals surface area contributed by atoms with Crippen LogP contribution in [0.2, 0.25) is 0 Å². The number of aromatic amines is 1. The molecule has 1 amide bonds. The molecule has 1 aromatic heterocycles. The summed E-state index contributed by atoms with van der Waals surface area (Å²) in [6.07, 6.45) is 9.27. The first-order valence-corrected chi connectivity index (χ1v) is 14.5. The van der Waals surface area contributed by atoms with E-state index in [1.54, 1.807) is 12.1 Å². The highest BCUT2D eigenvalue weighted by Gasteiger charge is 2.46. The molecule has 7 nitrogen and oxygen atoms in total. The number of benzene rings is 1. The number of alkyl halides is 1. The van der Waals surface area contributed by atoms with Gasteiger partial charge in [0.2, 0.25) is 5.91 Å². The number of rotatable bonds is 8. The predicted octanol–water partition coefficient (Wildman–Crippen LogP) is 5.02. The van der Waals surface area contributed by atoms with Crippen molar-refractivity contribution >= 4 is 28.6 Å². The molecule has 212 valence electrons. The van der Waals surface area contributed by atoms with Gasteiger partial charge in [0, 0.05) is 35.8 Å². The fourth-order valence-corrected chi connectivity index (χ4v) is 7.46. The van der Waals surface area contributed by atoms with E-state index in [1.807, 2.05) is 4.90 Å². The molecule has 5 rings (SSSR count). The number of likely N-dealkylation sites (tertiary alicyclic amines) is 1. The second-order valence-electron chi connectivity index (χ2n) is 11.9. The molecule has 3 aliphatic rings. The smallest absolute Gasteiger partial charge is 0.355 e. The SMILES string of the molecule is NC(CF)C1CCC(C(=O)N2CC[C@@H](C3CCCCC3)[C@H]2C(=O)Cc2ccc3[nH]c(C(=O)O)c(F)c3c2)CC1. The van der Waals surface area contributed by atoms with Gasteiger partial charge >= 0.3 is 5.97 Å². The van der Waals surface area contributed by atoms with Crippen LogP contribution < -0.4 is 5.73 Å². The Morgan fingerprint density at radius 1 is 1.05 bits per heavy atom. The Hall–Kier alpha value is -2.81. The minimum atomic E-state index is -1.38. The molecule has 1 saturated heterocycles. The fraction of sp³-hybridized carbons (Fsp3) is 0.633. The number of aromatic carboxylic acids is 1. The Morgan fingerprint density at radius 2 is 1.77 bits per heavy atom. The van der Waals surface area contributed by atoms with E-state index in [-0.39, 0.29) is 41.3 Å². The van der Waals surface area contributed by atoms with E-state index in [2.05, 4.69) is 4.98 Å². The molecule has 9 heteroatoms. The number of carboxylic acids is 1. The normalized spacial score (nSPS) is 27.1. The highest BCUT2D eigenvalue weighted by Crippen LogP contribution is 2.41. The Morgan fingerprint density at radius 3 is 2.44 bits per heavy atom.